The summed E-state index contributed by atoms with van der Waals surface area (Å²) >= 11 is 5.92. The van der Waals surface area contributed by atoms with E-state index in [9.17, 15) is 13.2 Å². The first kappa shape index (κ1) is 20.0. The number of benzene rings is 2. The van der Waals surface area contributed by atoms with Crippen LogP contribution in [0.15, 0.2) is 57.8 Å². The van der Waals surface area contributed by atoms with E-state index in [2.05, 4.69) is 15.5 Å². The van der Waals surface area contributed by atoms with Gasteiger partial charge in [0.25, 0.3) is 0 Å². The average molecular weight is 420 g/mol. The highest BCUT2D eigenvalue weighted by molar-refractivity contribution is 7.91. The number of hydrogen-bond acceptors (Lipinski definition) is 6. The maximum absolute atomic E-state index is 12.3. The van der Waals surface area contributed by atoms with Crippen molar-refractivity contribution in [2.45, 2.75) is 24.7 Å². The summed E-state index contributed by atoms with van der Waals surface area (Å²) in [6.45, 7) is 1.88. The molecule has 0 saturated carbocycles. The van der Waals surface area contributed by atoms with Crippen molar-refractivity contribution in [3.05, 3.63) is 59.1 Å². The van der Waals surface area contributed by atoms with Gasteiger partial charge in [0.2, 0.25) is 11.8 Å². The number of anilines is 1. The van der Waals surface area contributed by atoms with Gasteiger partial charge < -0.3 is 4.42 Å². The molecule has 0 aliphatic carbocycles. The van der Waals surface area contributed by atoms with Crippen LogP contribution in [-0.4, -0.2) is 30.3 Å². The number of carbonyl (C=O) groups is 1. The second-order valence-corrected chi connectivity index (χ2v) is 8.75. The largest absolute Gasteiger partial charge is 0.403 e. The minimum Gasteiger partial charge on any atom is -0.403 e. The third-order valence-corrected chi connectivity index (χ3v) is 5.99. The normalized spacial score (nSPS) is 11.4. The summed E-state index contributed by atoms with van der Waals surface area (Å²) in [5.41, 5.74) is 1.61. The van der Waals surface area contributed by atoms with E-state index in [1.165, 1.54) is 0 Å². The zero-order valence-electron chi connectivity index (χ0n) is 15.1. The molecule has 2 aromatic carbocycles. The topological polar surface area (TPSA) is 102 Å². The van der Waals surface area contributed by atoms with E-state index in [1.807, 2.05) is 6.92 Å². The summed E-state index contributed by atoms with van der Waals surface area (Å²) < 4.78 is 30.0. The van der Waals surface area contributed by atoms with Crippen molar-refractivity contribution < 1.29 is 17.6 Å². The number of nitrogens with one attached hydrogen (secondary N) is 1. The summed E-state index contributed by atoms with van der Waals surface area (Å²) in [5, 5.41) is 10.6. The van der Waals surface area contributed by atoms with Crippen LogP contribution in [0.5, 0.6) is 0 Å². The van der Waals surface area contributed by atoms with Gasteiger partial charge in [-0.15, -0.1) is 5.10 Å². The monoisotopic (exact) mass is 419 g/mol. The molecular formula is C19H18ClN3O4S. The molecule has 0 aliphatic rings. The maximum atomic E-state index is 12.3. The highest BCUT2D eigenvalue weighted by Gasteiger charge is 2.16. The van der Waals surface area contributed by atoms with Crippen molar-refractivity contribution in [2.24, 2.45) is 0 Å². The number of halogens is 1. The van der Waals surface area contributed by atoms with E-state index >= 15 is 0 Å². The summed E-state index contributed by atoms with van der Waals surface area (Å²) in [4.78, 5) is 12.3. The lowest BCUT2D eigenvalue weighted by molar-refractivity contribution is -0.116. The van der Waals surface area contributed by atoms with Crippen molar-refractivity contribution in [1.29, 1.82) is 0 Å². The van der Waals surface area contributed by atoms with Crippen molar-refractivity contribution in [2.75, 3.05) is 11.1 Å². The number of carbonyl (C=O) groups excluding carboxylic acids is 1. The molecule has 9 heteroatoms. The van der Waals surface area contributed by atoms with Crippen LogP contribution in [0.1, 0.15) is 18.4 Å². The van der Waals surface area contributed by atoms with E-state index in [-0.39, 0.29) is 35.4 Å². The van der Waals surface area contributed by atoms with Crippen LogP contribution in [0, 0.1) is 6.92 Å². The van der Waals surface area contributed by atoms with Crippen molar-refractivity contribution in [3.8, 4) is 11.5 Å². The van der Waals surface area contributed by atoms with Crippen LogP contribution < -0.4 is 5.32 Å². The second-order valence-electron chi connectivity index (χ2n) is 6.21. The van der Waals surface area contributed by atoms with Crippen LogP contribution in [0.2, 0.25) is 5.02 Å². The van der Waals surface area contributed by atoms with Gasteiger partial charge in [-0.25, -0.2) is 8.42 Å². The first-order valence-electron chi connectivity index (χ1n) is 8.52. The highest BCUT2D eigenvalue weighted by Crippen LogP contribution is 2.23. The maximum Gasteiger partial charge on any atom is 0.322 e. The van der Waals surface area contributed by atoms with Crippen LogP contribution in [0.3, 0.4) is 0 Å². The van der Waals surface area contributed by atoms with E-state index in [0.29, 0.717) is 10.6 Å². The van der Waals surface area contributed by atoms with Gasteiger partial charge in [0.05, 0.1) is 10.6 Å². The minimum absolute atomic E-state index is 0.0139. The molecule has 0 spiro atoms. The Hall–Kier alpha value is -2.71. The number of aromatic nitrogens is 2. The Morgan fingerprint density at radius 1 is 1.14 bits per heavy atom. The Balaban J connectivity index is 1.53. The fourth-order valence-corrected chi connectivity index (χ4v) is 3.98. The van der Waals surface area contributed by atoms with Crippen molar-refractivity contribution in [1.82, 2.24) is 10.2 Å². The molecule has 146 valence electrons. The molecule has 0 radical (unpaired) electrons. The predicted molar refractivity (Wildman–Crippen MR) is 106 cm³/mol. The summed E-state index contributed by atoms with van der Waals surface area (Å²) in [7, 11) is -3.43. The van der Waals surface area contributed by atoms with Gasteiger partial charge >= 0.3 is 6.01 Å². The molecule has 28 heavy (non-hydrogen) atoms. The smallest absolute Gasteiger partial charge is 0.322 e. The van der Waals surface area contributed by atoms with E-state index in [1.54, 1.807) is 48.5 Å². The second kappa shape index (κ2) is 8.53. The van der Waals surface area contributed by atoms with Crippen LogP contribution in [0.4, 0.5) is 6.01 Å². The van der Waals surface area contributed by atoms with Crippen molar-refractivity contribution >= 4 is 33.4 Å². The number of hydrogen-bond donors (Lipinski definition) is 1. The standard InChI is InChI=1S/C19H18ClN3O4S/c1-13-7-9-16(10-8-13)28(25,26)11-3-6-17(24)21-19-23-22-18(27-19)14-4-2-5-15(20)12-14/h2,4-5,7-10,12H,3,6,11H2,1H3,(H,21,23,24). The van der Waals surface area contributed by atoms with Crippen molar-refractivity contribution in [3.63, 3.8) is 0 Å². The number of aryl methyl sites for hydroxylation is 1. The van der Waals surface area contributed by atoms with Gasteiger partial charge in [0.15, 0.2) is 9.84 Å². The van der Waals surface area contributed by atoms with E-state index in [0.717, 1.165) is 5.56 Å². The number of rotatable bonds is 7. The minimum atomic E-state index is -3.43. The lowest BCUT2D eigenvalue weighted by Crippen LogP contribution is -2.14. The Kier molecular flexibility index (Phi) is 6.11. The molecule has 0 atom stereocenters. The highest BCUT2D eigenvalue weighted by atomic mass is 35.5. The molecule has 0 saturated heterocycles. The Morgan fingerprint density at radius 3 is 2.61 bits per heavy atom. The first-order chi connectivity index (χ1) is 13.3. The molecular weight excluding hydrogens is 402 g/mol. The molecule has 0 fully saturated rings. The lowest BCUT2D eigenvalue weighted by atomic mass is 10.2. The summed E-state index contributed by atoms with van der Waals surface area (Å²) in [6.07, 6.45) is 0.192. The third kappa shape index (κ3) is 5.17. The molecule has 3 aromatic rings. The summed E-state index contributed by atoms with van der Waals surface area (Å²) in [5.74, 6) is -0.304. The molecule has 1 amide bonds. The predicted octanol–water partition coefficient (Wildman–Crippen LogP) is 3.89. The zero-order chi connectivity index (χ0) is 20.1. The number of amides is 1. The molecule has 3 rings (SSSR count). The number of nitrogens with zero attached hydrogens (tertiary/aromatic N) is 2. The van der Waals surface area contributed by atoms with Gasteiger partial charge in [0.1, 0.15) is 0 Å². The molecule has 0 unspecified atom stereocenters. The molecule has 1 heterocycles. The third-order valence-electron chi connectivity index (χ3n) is 3.94. The Labute approximate surface area is 167 Å². The Morgan fingerprint density at radius 2 is 1.89 bits per heavy atom. The van der Waals surface area contributed by atoms with E-state index in [4.69, 9.17) is 16.0 Å². The molecule has 1 N–H and O–H groups in total. The van der Waals surface area contributed by atoms with Gasteiger partial charge in [0, 0.05) is 17.0 Å². The average Bonchev–Trinajstić information content (AvgIpc) is 3.10. The van der Waals surface area contributed by atoms with Gasteiger partial charge in [-0.05, 0) is 43.7 Å². The summed E-state index contributed by atoms with van der Waals surface area (Å²) in [6, 6.07) is 13.4. The van der Waals surface area contributed by atoms with Gasteiger partial charge in [-0.1, -0.05) is 40.5 Å². The quantitative estimate of drug-likeness (QED) is 0.623. The molecule has 1 aromatic heterocycles. The van der Waals surface area contributed by atoms with Crippen LogP contribution in [0.25, 0.3) is 11.5 Å². The fourth-order valence-electron chi connectivity index (χ4n) is 2.48. The SMILES string of the molecule is Cc1ccc(S(=O)(=O)CCCC(=O)Nc2nnc(-c3cccc(Cl)c3)o2)cc1. The van der Waals surface area contributed by atoms with E-state index < -0.39 is 15.7 Å². The van der Waals surface area contributed by atoms with Gasteiger partial charge in [-0.3, -0.25) is 10.1 Å². The van der Waals surface area contributed by atoms with Gasteiger partial charge in [-0.2, -0.15) is 0 Å². The van der Waals surface area contributed by atoms with Crippen LogP contribution >= 0.6 is 11.6 Å². The lowest BCUT2D eigenvalue weighted by Gasteiger charge is -2.05. The Bertz CT molecular complexity index is 1080. The molecule has 7 nitrogen and oxygen atoms in total. The first-order valence-corrected chi connectivity index (χ1v) is 10.6. The van der Waals surface area contributed by atoms with Crippen LogP contribution in [-0.2, 0) is 14.6 Å². The molecule has 0 aliphatic heterocycles. The fraction of sp³-hybridized carbons (Fsp3) is 0.211. The number of sulfone groups is 1. The zero-order valence-corrected chi connectivity index (χ0v) is 16.6. The molecule has 0 bridgehead atoms.